The maximum atomic E-state index is 11.9. The number of nitrogens with zero attached hydrogens (tertiary/aromatic N) is 1. The van der Waals surface area contributed by atoms with Gasteiger partial charge in [-0.1, -0.05) is 6.42 Å². The van der Waals surface area contributed by atoms with Gasteiger partial charge >= 0.3 is 12.2 Å². The molecule has 7 heteroatoms. The van der Waals surface area contributed by atoms with Crippen molar-refractivity contribution in [1.82, 2.24) is 10.2 Å². The molecular weight excluding hydrogens is 237 g/mol. The summed E-state index contributed by atoms with van der Waals surface area (Å²) in [7, 11) is 1.43. The van der Waals surface area contributed by atoms with E-state index in [1.165, 1.54) is 11.9 Å². The molecule has 0 spiro atoms. The quantitative estimate of drug-likeness (QED) is 0.798. The highest BCUT2D eigenvalue weighted by Gasteiger charge is 2.30. The minimum Gasteiger partial charge on any atom is -0.393 e. The number of hydrogen-bond acceptors (Lipinski definition) is 2. The normalized spacial score (nSPS) is 24.8. The first-order chi connectivity index (χ1) is 7.79. The second kappa shape index (κ2) is 5.57. The largest absolute Gasteiger partial charge is 0.405 e. The second-order valence-corrected chi connectivity index (χ2v) is 4.41. The number of alkyl halides is 3. The van der Waals surface area contributed by atoms with Gasteiger partial charge in [0.1, 0.15) is 6.54 Å². The molecule has 0 heterocycles. The fourth-order valence-electron chi connectivity index (χ4n) is 1.98. The van der Waals surface area contributed by atoms with Crippen LogP contribution in [0.1, 0.15) is 19.3 Å². The van der Waals surface area contributed by atoms with Gasteiger partial charge in [0.25, 0.3) is 0 Å². The van der Waals surface area contributed by atoms with Crippen LogP contribution in [-0.4, -0.2) is 48.5 Å². The molecule has 4 nitrogen and oxygen atoms in total. The van der Waals surface area contributed by atoms with Crippen molar-refractivity contribution in [2.75, 3.05) is 20.1 Å². The number of aliphatic hydroxyl groups excluding tert-OH is 1. The van der Waals surface area contributed by atoms with Crippen LogP contribution in [0.15, 0.2) is 0 Å². The van der Waals surface area contributed by atoms with Crippen LogP contribution < -0.4 is 5.32 Å². The van der Waals surface area contributed by atoms with E-state index in [0.29, 0.717) is 6.42 Å². The topological polar surface area (TPSA) is 52.6 Å². The lowest BCUT2D eigenvalue weighted by molar-refractivity contribution is -0.123. The number of hydrogen-bond donors (Lipinski definition) is 2. The smallest absolute Gasteiger partial charge is 0.393 e. The molecule has 1 fully saturated rings. The zero-order valence-corrected chi connectivity index (χ0v) is 9.63. The van der Waals surface area contributed by atoms with Crippen LogP contribution in [0.5, 0.6) is 0 Å². The van der Waals surface area contributed by atoms with E-state index in [4.69, 9.17) is 0 Å². The molecule has 2 amide bonds. The summed E-state index contributed by atoms with van der Waals surface area (Å²) < 4.78 is 35.6. The summed E-state index contributed by atoms with van der Waals surface area (Å²) in [6.07, 6.45) is -2.46. The molecule has 1 aliphatic rings. The Labute approximate surface area is 97.8 Å². The van der Waals surface area contributed by atoms with Crippen LogP contribution >= 0.6 is 0 Å². The van der Waals surface area contributed by atoms with Gasteiger partial charge in [-0.3, -0.25) is 0 Å². The molecular formula is C10H17F3N2O2. The highest BCUT2D eigenvalue weighted by Crippen LogP contribution is 2.25. The molecule has 0 aromatic carbocycles. The Balaban J connectivity index is 2.31. The molecule has 0 aromatic rings. The van der Waals surface area contributed by atoms with E-state index in [2.05, 4.69) is 0 Å². The second-order valence-electron chi connectivity index (χ2n) is 4.41. The number of rotatable bonds is 3. The van der Waals surface area contributed by atoms with E-state index >= 15 is 0 Å². The van der Waals surface area contributed by atoms with Crippen molar-refractivity contribution in [3.63, 3.8) is 0 Å². The fourth-order valence-corrected chi connectivity index (χ4v) is 1.98. The summed E-state index contributed by atoms with van der Waals surface area (Å²) in [5.41, 5.74) is 0. The molecule has 1 aliphatic carbocycles. The van der Waals surface area contributed by atoms with E-state index < -0.39 is 24.9 Å². The van der Waals surface area contributed by atoms with Gasteiger partial charge in [0.2, 0.25) is 0 Å². The van der Waals surface area contributed by atoms with Crippen molar-refractivity contribution in [2.45, 2.75) is 31.5 Å². The summed E-state index contributed by atoms with van der Waals surface area (Å²) in [5.74, 6) is -0.0309. The molecule has 100 valence electrons. The van der Waals surface area contributed by atoms with Crippen molar-refractivity contribution in [3.8, 4) is 0 Å². The lowest BCUT2D eigenvalue weighted by Crippen LogP contribution is -2.44. The Morgan fingerprint density at radius 3 is 2.59 bits per heavy atom. The van der Waals surface area contributed by atoms with Crippen molar-refractivity contribution in [1.29, 1.82) is 0 Å². The van der Waals surface area contributed by atoms with Gasteiger partial charge in [-0.25, -0.2) is 4.79 Å². The molecule has 0 aromatic heterocycles. The Morgan fingerprint density at radius 2 is 2.12 bits per heavy atom. The number of amides is 2. The highest BCUT2D eigenvalue weighted by atomic mass is 19.4. The zero-order valence-electron chi connectivity index (χ0n) is 9.63. The minimum atomic E-state index is -4.40. The number of urea groups is 1. The number of halogens is 3. The Bertz CT molecular complexity index is 271. The summed E-state index contributed by atoms with van der Waals surface area (Å²) in [5, 5.41) is 11.3. The highest BCUT2D eigenvalue weighted by molar-refractivity contribution is 5.73. The molecule has 2 unspecified atom stereocenters. The maximum absolute atomic E-state index is 11.9. The SMILES string of the molecule is CN(CC1CCCC1O)C(=O)NCC(F)(F)F. The monoisotopic (exact) mass is 254 g/mol. The van der Waals surface area contributed by atoms with Crippen LogP contribution in [0.4, 0.5) is 18.0 Å². The number of carbonyl (C=O) groups excluding carboxylic acids is 1. The van der Waals surface area contributed by atoms with Gasteiger partial charge in [0, 0.05) is 19.5 Å². The van der Waals surface area contributed by atoms with E-state index in [9.17, 15) is 23.1 Å². The van der Waals surface area contributed by atoms with E-state index in [0.717, 1.165) is 12.8 Å². The Kier molecular flexibility index (Phi) is 4.62. The lowest BCUT2D eigenvalue weighted by atomic mass is 10.1. The molecule has 17 heavy (non-hydrogen) atoms. The third kappa shape index (κ3) is 4.80. The van der Waals surface area contributed by atoms with Crippen LogP contribution in [0.3, 0.4) is 0 Å². The molecule has 0 aliphatic heterocycles. The van der Waals surface area contributed by atoms with E-state index in [-0.39, 0.29) is 12.5 Å². The number of aliphatic hydroxyl groups is 1. The van der Waals surface area contributed by atoms with Gasteiger partial charge < -0.3 is 15.3 Å². The third-order valence-corrected chi connectivity index (χ3v) is 2.91. The predicted molar refractivity (Wildman–Crippen MR) is 55.4 cm³/mol. The van der Waals surface area contributed by atoms with Crippen LogP contribution in [0.25, 0.3) is 0 Å². The van der Waals surface area contributed by atoms with Crippen molar-refractivity contribution < 1.29 is 23.1 Å². The van der Waals surface area contributed by atoms with Crippen molar-refractivity contribution in [2.24, 2.45) is 5.92 Å². The van der Waals surface area contributed by atoms with Crippen LogP contribution in [0.2, 0.25) is 0 Å². The van der Waals surface area contributed by atoms with Gasteiger partial charge in [-0.2, -0.15) is 13.2 Å². The first kappa shape index (κ1) is 14.1. The molecule has 0 radical (unpaired) electrons. The average Bonchev–Trinajstić information content (AvgIpc) is 2.59. The van der Waals surface area contributed by atoms with Crippen molar-refractivity contribution >= 4 is 6.03 Å². The first-order valence-electron chi connectivity index (χ1n) is 5.53. The average molecular weight is 254 g/mol. The summed E-state index contributed by atoms with van der Waals surface area (Å²) in [6, 6.07) is -0.763. The molecule has 1 saturated carbocycles. The molecule has 2 N–H and O–H groups in total. The Morgan fingerprint density at radius 1 is 1.47 bits per heavy atom. The third-order valence-electron chi connectivity index (χ3n) is 2.91. The van der Waals surface area contributed by atoms with Crippen LogP contribution in [-0.2, 0) is 0 Å². The van der Waals surface area contributed by atoms with Gasteiger partial charge in [0.05, 0.1) is 6.10 Å². The standard InChI is InChI=1S/C10H17F3N2O2/c1-15(5-7-3-2-4-8(7)16)9(17)14-6-10(11,12)13/h7-8,16H,2-6H2,1H3,(H,14,17). The number of carbonyl (C=O) groups is 1. The van der Waals surface area contributed by atoms with E-state index in [1.807, 2.05) is 0 Å². The van der Waals surface area contributed by atoms with Gasteiger partial charge in [-0.15, -0.1) is 0 Å². The maximum Gasteiger partial charge on any atom is 0.405 e. The van der Waals surface area contributed by atoms with E-state index in [1.54, 1.807) is 5.32 Å². The molecule has 0 saturated heterocycles. The summed E-state index contributed by atoms with van der Waals surface area (Å²) in [4.78, 5) is 12.5. The van der Waals surface area contributed by atoms with Gasteiger partial charge in [-0.05, 0) is 12.8 Å². The zero-order chi connectivity index (χ0) is 13.1. The first-order valence-corrected chi connectivity index (χ1v) is 5.53. The number of nitrogens with one attached hydrogen (secondary N) is 1. The molecule has 1 rings (SSSR count). The van der Waals surface area contributed by atoms with Crippen LogP contribution in [0, 0.1) is 5.92 Å². The summed E-state index contributed by atoms with van der Waals surface area (Å²) >= 11 is 0. The fraction of sp³-hybridized carbons (Fsp3) is 0.900. The lowest BCUT2D eigenvalue weighted by Gasteiger charge is -2.23. The Hall–Kier alpha value is -0.980. The predicted octanol–water partition coefficient (Wildman–Crippen LogP) is 1.35. The van der Waals surface area contributed by atoms with Gasteiger partial charge in [0.15, 0.2) is 0 Å². The van der Waals surface area contributed by atoms with Crippen molar-refractivity contribution in [3.05, 3.63) is 0 Å². The molecule has 2 atom stereocenters. The summed E-state index contributed by atoms with van der Waals surface area (Å²) in [6.45, 7) is -1.05. The minimum absolute atomic E-state index is 0.0309. The molecule has 0 bridgehead atoms.